The van der Waals surface area contributed by atoms with Crippen LogP contribution in [0.1, 0.15) is 22.2 Å². The van der Waals surface area contributed by atoms with Crippen LogP contribution in [-0.2, 0) is 20.0 Å². The summed E-state index contributed by atoms with van der Waals surface area (Å²) in [6, 6.07) is 7.89. The van der Waals surface area contributed by atoms with Gasteiger partial charge in [0.25, 0.3) is 20.0 Å². The quantitative estimate of drug-likeness (QED) is 0.648. The third-order valence-electron chi connectivity index (χ3n) is 4.46. The monoisotopic (exact) mass is 485 g/mol. The van der Waals surface area contributed by atoms with Crippen LogP contribution >= 0.6 is 0 Å². The molecule has 0 saturated carbocycles. The summed E-state index contributed by atoms with van der Waals surface area (Å²) in [4.78, 5) is 25.2. The number of urea groups is 2. The average Bonchev–Trinajstić information content (AvgIpc) is 2.73. The zero-order valence-electron chi connectivity index (χ0n) is 20.9. The summed E-state index contributed by atoms with van der Waals surface area (Å²) in [5.41, 5.74) is 1.49. The summed E-state index contributed by atoms with van der Waals surface area (Å²) in [7, 11) is -8.21. The Morgan fingerprint density at radius 2 is 1.38 bits per heavy atom. The van der Waals surface area contributed by atoms with E-state index in [4.69, 9.17) is 4.11 Å². The van der Waals surface area contributed by atoms with Gasteiger partial charge in [0.1, 0.15) is 0 Å². The van der Waals surface area contributed by atoms with Crippen LogP contribution < -0.4 is 4.72 Å². The van der Waals surface area contributed by atoms with Gasteiger partial charge < -0.3 is 0 Å². The maximum atomic E-state index is 13.2. The summed E-state index contributed by atoms with van der Waals surface area (Å²) in [6.07, 6.45) is 0. The average molecular weight is 486 g/mol. The molecular formula is C20H26N4O6S2. The number of carbonyl (C=O) groups is 2. The number of amides is 4. The van der Waals surface area contributed by atoms with Gasteiger partial charge in [-0.2, -0.15) is 0 Å². The lowest BCUT2D eigenvalue weighted by atomic mass is 10.2. The van der Waals surface area contributed by atoms with Gasteiger partial charge in [-0.05, 0) is 45.0 Å². The fourth-order valence-electron chi connectivity index (χ4n) is 2.57. The van der Waals surface area contributed by atoms with Crippen LogP contribution in [0.5, 0.6) is 0 Å². The summed E-state index contributed by atoms with van der Waals surface area (Å²) in [6.45, 7) is 0.990. The van der Waals surface area contributed by atoms with Gasteiger partial charge in [0.15, 0.2) is 0 Å². The minimum Gasteiger partial charge on any atom is -0.246 e. The maximum absolute atomic E-state index is 13.2. The van der Waals surface area contributed by atoms with Gasteiger partial charge >= 0.3 is 12.1 Å². The van der Waals surface area contributed by atoms with E-state index in [2.05, 4.69) is 0 Å². The maximum Gasteiger partial charge on any atom is 0.352 e. The highest BCUT2D eigenvalue weighted by Gasteiger charge is 2.33. The van der Waals surface area contributed by atoms with Gasteiger partial charge in [0.05, 0.1) is 9.79 Å². The topological polar surface area (TPSA) is 124 Å². The standard InChI is InChI=1S/C20H26N4O6S2/c1-6-24(20(26)23(5)32(29,30)18-13-9-16(3)10-14-18)22(4)19(25)21-31(27,28)17-11-7-15(2)8-12-17/h7-14H,6H2,1-5H3,(H,21,25)/i5D3. The van der Waals surface area contributed by atoms with Crippen LogP contribution in [0.4, 0.5) is 9.59 Å². The van der Waals surface area contributed by atoms with Crippen molar-refractivity contribution in [3.63, 3.8) is 0 Å². The van der Waals surface area contributed by atoms with Crippen LogP contribution in [0.3, 0.4) is 0 Å². The number of rotatable bonds is 5. The smallest absolute Gasteiger partial charge is 0.246 e. The van der Waals surface area contributed by atoms with E-state index in [1.165, 1.54) is 43.3 Å². The van der Waals surface area contributed by atoms with Crippen molar-refractivity contribution in [2.24, 2.45) is 0 Å². The van der Waals surface area contributed by atoms with Gasteiger partial charge in [-0.1, -0.05) is 35.4 Å². The Hall–Kier alpha value is -3.12. The van der Waals surface area contributed by atoms with Gasteiger partial charge in [-0.25, -0.2) is 45.5 Å². The third kappa shape index (κ3) is 5.37. The van der Waals surface area contributed by atoms with Crippen molar-refractivity contribution < 1.29 is 30.5 Å². The molecule has 0 bridgehead atoms. The fraction of sp³-hybridized carbons (Fsp3) is 0.300. The zero-order chi connectivity index (χ0) is 26.8. The Balaban J connectivity index is 2.39. The molecule has 4 amide bonds. The first-order valence-corrected chi connectivity index (χ1v) is 12.3. The summed E-state index contributed by atoms with van der Waals surface area (Å²) < 4.78 is 75.8. The van der Waals surface area contributed by atoms with Gasteiger partial charge in [-0.15, -0.1) is 0 Å². The SMILES string of the molecule is [2H]C([2H])([2H])N(C(=O)N(CC)N(C)C(=O)NS(=O)(=O)c1ccc(C)cc1)S(=O)(=O)c1ccc(C)cc1. The number of aryl methyl sites for hydroxylation is 2. The van der Waals surface area contributed by atoms with Crippen LogP contribution in [0.15, 0.2) is 58.3 Å². The molecule has 0 radical (unpaired) electrons. The van der Waals surface area contributed by atoms with Gasteiger partial charge in [-0.3, -0.25) is 0 Å². The Morgan fingerprint density at radius 1 is 0.906 bits per heavy atom. The van der Waals surface area contributed by atoms with Crippen molar-refractivity contribution >= 4 is 32.1 Å². The number of carbonyl (C=O) groups excluding carboxylic acids is 2. The molecule has 10 nitrogen and oxygen atoms in total. The van der Waals surface area contributed by atoms with Crippen molar-refractivity contribution in [2.75, 3.05) is 20.6 Å². The molecule has 0 atom stereocenters. The minimum atomic E-state index is -4.87. The third-order valence-corrected chi connectivity index (χ3v) is 7.30. The molecular weight excluding hydrogens is 456 g/mol. The number of hydrazine groups is 1. The molecule has 0 aliphatic rings. The molecule has 0 unspecified atom stereocenters. The second-order valence-corrected chi connectivity index (χ2v) is 10.3. The first-order valence-electron chi connectivity index (χ1n) is 10.8. The number of nitrogens with zero attached hydrogens (tertiary/aromatic N) is 3. The van der Waals surface area contributed by atoms with Gasteiger partial charge in [0.2, 0.25) is 0 Å². The van der Waals surface area contributed by atoms with E-state index in [-0.39, 0.29) is 15.7 Å². The molecule has 1 N–H and O–H groups in total. The van der Waals surface area contributed by atoms with E-state index in [9.17, 15) is 26.4 Å². The molecule has 174 valence electrons. The fourth-order valence-corrected chi connectivity index (χ4v) is 4.53. The number of hydrogen-bond donors (Lipinski definition) is 1. The Bertz CT molecular complexity index is 1300. The van der Waals surface area contributed by atoms with E-state index in [0.29, 0.717) is 15.6 Å². The van der Waals surface area contributed by atoms with E-state index in [1.54, 1.807) is 18.6 Å². The molecule has 0 fully saturated rings. The predicted molar refractivity (Wildman–Crippen MR) is 119 cm³/mol. The molecule has 0 aliphatic heterocycles. The van der Waals surface area contributed by atoms with Crippen molar-refractivity contribution in [3.05, 3.63) is 59.7 Å². The molecule has 12 heteroatoms. The van der Waals surface area contributed by atoms with E-state index in [1.807, 2.05) is 0 Å². The number of sulfonamides is 2. The summed E-state index contributed by atoms with van der Waals surface area (Å²) in [5, 5.41) is 0.996. The first-order chi connectivity index (χ1) is 16.0. The highest BCUT2D eigenvalue weighted by atomic mass is 32.2. The molecule has 0 saturated heterocycles. The van der Waals surface area contributed by atoms with Crippen molar-refractivity contribution in [1.29, 1.82) is 0 Å². The Kier molecular flexibility index (Phi) is 6.21. The zero-order valence-corrected chi connectivity index (χ0v) is 19.6. The predicted octanol–water partition coefficient (Wildman–Crippen LogP) is 2.31. The molecule has 0 spiro atoms. The molecule has 0 aliphatic carbocycles. The molecule has 32 heavy (non-hydrogen) atoms. The lowest BCUT2D eigenvalue weighted by Gasteiger charge is -2.33. The number of hydrogen-bond acceptors (Lipinski definition) is 6. The number of benzene rings is 2. The second-order valence-electron chi connectivity index (χ2n) is 6.83. The largest absolute Gasteiger partial charge is 0.352 e. The Morgan fingerprint density at radius 3 is 1.81 bits per heavy atom. The number of nitrogens with one attached hydrogen (secondary N) is 1. The summed E-state index contributed by atoms with van der Waals surface area (Å²) in [5.74, 6) is 0. The second kappa shape index (κ2) is 9.57. The van der Waals surface area contributed by atoms with Crippen molar-refractivity contribution in [2.45, 2.75) is 30.6 Å². The van der Waals surface area contributed by atoms with Crippen LogP contribution in [0, 0.1) is 13.8 Å². The molecule has 2 rings (SSSR count). The highest BCUT2D eigenvalue weighted by Crippen LogP contribution is 2.17. The molecule has 2 aromatic rings. The first kappa shape index (κ1) is 20.8. The molecule has 0 heterocycles. The van der Waals surface area contributed by atoms with Crippen LogP contribution in [0.25, 0.3) is 0 Å². The van der Waals surface area contributed by atoms with Crippen molar-refractivity contribution in [3.8, 4) is 0 Å². The molecule has 2 aromatic carbocycles. The van der Waals surface area contributed by atoms with E-state index in [0.717, 1.165) is 24.7 Å². The normalized spacial score (nSPS) is 13.3. The van der Waals surface area contributed by atoms with Crippen molar-refractivity contribution in [1.82, 2.24) is 19.0 Å². The van der Waals surface area contributed by atoms with E-state index >= 15 is 0 Å². The lowest BCUT2D eigenvalue weighted by Crippen LogP contribution is -2.56. The van der Waals surface area contributed by atoms with Crippen LogP contribution in [-0.4, -0.2) is 63.8 Å². The van der Waals surface area contributed by atoms with E-state index < -0.39 is 44.0 Å². The Labute approximate surface area is 192 Å². The minimum absolute atomic E-state index is 0.217. The summed E-state index contributed by atoms with van der Waals surface area (Å²) >= 11 is 0. The van der Waals surface area contributed by atoms with Crippen LogP contribution in [0.2, 0.25) is 0 Å². The lowest BCUT2D eigenvalue weighted by molar-refractivity contribution is 0.0654. The van der Waals surface area contributed by atoms with Gasteiger partial charge in [0, 0.05) is 24.7 Å². The highest BCUT2D eigenvalue weighted by molar-refractivity contribution is 7.90. The molecule has 0 aromatic heterocycles.